The topological polar surface area (TPSA) is 64.0 Å². The number of aromatic nitrogens is 2. The molecule has 1 heterocycles. The van der Waals surface area contributed by atoms with Gasteiger partial charge in [-0.15, -0.1) is 0 Å². The van der Waals surface area contributed by atoms with Crippen molar-refractivity contribution in [3.63, 3.8) is 0 Å². The summed E-state index contributed by atoms with van der Waals surface area (Å²) < 4.78 is 30.1. The maximum atomic E-state index is 12.8. The van der Waals surface area contributed by atoms with Crippen LogP contribution in [0.4, 0.5) is 5.69 Å². The van der Waals surface area contributed by atoms with Gasteiger partial charge in [-0.2, -0.15) is 5.10 Å². The normalized spacial score (nSPS) is 13.6. The van der Waals surface area contributed by atoms with Gasteiger partial charge in [0.25, 0.3) is 10.0 Å². The largest absolute Gasteiger partial charge is 0.279 e. The van der Waals surface area contributed by atoms with Crippen LogP contribution in [0, 0.1) is 6.92 Å². The van der Waals surface area contributed by atoms with E-state index >= 15 is 0 Å². The highest BCUT2D eigenvalue weighted by atomic mass is 32.2. The Balaban J connectivity index is 1.68. The molecule has 0 aliphatic heterocycles. The number of hydrogen-bond donors (Lipinski definition) is 1. The summed E-state index contributed by atoms with van der Waals surface area (Å²) in [6.45, 7) is 1.88. The van der Waals surface area contributed by atoms with Gasteiger partial charge in [0, 0.05) is 12.4 Å². The van der Waals surface area contributed by atoms with E-state index in [-0.39, 0.29) is 0 Å². The molecule has 5 nitrogen and oxygen atoms in total. The van der Waals surface area contributed by atoms with Gasteiger partial charge in [-0.05, 0) is 73.2 Å². The van der Waals surface area contributed by atoms with Crippen molar-refractivity contribution in [1.29, 1.82) is 0 Å². The number of nitrogens with one attached hydrogen (secondary N) is 1. The Kier molecular flexibility index (Phi) is 3.84. The molecule has 0 saturated carbocycles. The molecule has 0 fully saturated rings. The van der Waals surface area contributed by atoms with Gasteiger partial charge in [0.05, 0.1) is 16.3 Å². The Morgan fingerprint density at radius 1 is 1.08 bits per heavy atom. The van der Waals surface area contributed by atoms with Crippen LogP contribution in [0.1, 0.15) is 23.1 Å². The van der Waals surface area contributed by atoms with E-state index in [0.717, 1.165) is 36.1 Å². The van der Waals surface area contributed by atoms with Crippen LogP contribution >= 0.6 is 0 Å². The van der Waals surface area contributed by atoms with E-state index < -0.39 is 10.0 Å². The summed E-state index contributed by atoms with van der Waals surface area (Å²) in [5.41, 5.74) is 4.64. The molecule has 25 heavy (non-hydrogen) atoms. The monoisotopic (exact) mass is 353 g/mol. The van der Waals surface area contributed by atoms with Gasteiger partial charge in [-0.3, -0.25) is 4.72 Å². The molecule has 1 aromatic heterocycles. The lowest BCUT2D eigenvalue weighted by molar-refractivity contribution is 0.601. The first-order valence-corrected chi connectivity index (χ1v) is 9.76. The number of rotatable bonds is 4. The van der Waals surface area contributed by atoms with Crippen molar-refractivity contribution < 1.29 is 8.42 Å². The molecular weight excluding hydrogens is 334 g/mol. The lowest BCUT2D eigenvalue weighted by Crippen LogP contribution is -2.14. The van der Waals surface area contributed by atoms with Gasteiger partial charge in [0.1, 0.15) is 0 Å². The number of sulfonamides is 1. The third-order valence-corrected chi connectivity index (χ3v) is 5.98. The van der Waals surface area contributed by atoms with Crippen LogP contribution in [0.5, 0.6) is 0 Å². The van der Waals surface area contributed by atoms with Gasteiger partial charge in [-0.25, -0.2) is 13.1 Å². The Bertz CT molecular complexity index is 1020. The summed E-state index contributed by atoms with van der Waals surface area (Å²) in [5, 5.41) is 4.19. The summed E-state index contributed by atoms with van der Waals surface area (Å²) in [6.07, 6.45) is 6.59. The zero-order valence-electron chi connectivity index (χ0n) is 13.9. The second-order valence-corrected chi connectivity index (χ2v) is 8.02. The predicted molar refractivity (Wildman–Crippen MR) is 97.6 cm³/mol. The number of fused-ring (bicyclic) bond motifs is 1. The minimum Gasteiger partial charge on any atom is -0.279 e. The molecule has 0 radical (unpaired) electrons. The van der Waals surface area contributed by atoms with Crippen molar-refractivity contribution in [3.8, 4) is 5.69 Å². The van der Waals surface area contributed by atoms with Crippen LogP contribution in [0.2, 0.25) is 0 Å². The molecule has 0 atom stereocenters. The fourth-order valence-corrected chi connectivity index (χ4v) is 4.37. The maximum absolute atomic E-state index is 12.8. The molecule has 0 saturated heterocycles. The third kappa shape index (κ3) is 3.05. The van der Waals surface area contributed by atoms with Crippen molar-refractivity contribution in [3.05, 3.63) is 71.5 Å². The molecule has 0 bridgehead atoms. The molecule has 1 aliphatic rings. The fourth-order valence-electron chi connectivity index (χ4n) is 3.20. The first kappa shape index (κ1) is 15.9. The van der Waals surface area contributed by atoms with E-state index in [0.29, 0.717) is 10.6 Å². The van der Waals surface area contributed by atoms with Crippen molar-refractivity contribution in [2.24, 2.45) is 0 Å². The Morgan fingerprint density at radius 3 is 2.72 bits per heavy atom. The molecular formula is C19H19N3O2S. The Hall–Kier alpha value is -2.60. The maximum Gasteiger partial charge on any atom is 0.261 e. The quantitative estimate of drug-likeness (QED) is 0.781. The highest BCUT2D eigenvalue weighted by Gasteiger charge is 2.19. The van der Waals surface area contributed by atoms with Gasteiger partial charge in [-0.1, -0.05) is 12.1 Å². The average molecular weight is 353 g/mol. The fraction of sp³-hybridized carbons (Fsp3) is 0.211. The molecule has 128 valence electrons. The van der Waals surface area contributed by atoms with Crippen LogP contribution in [-0.4, -0.2) is 18.2 Å². The van der Waals surface area contributed by atoms with E-state index in [2.05, 4.69) is 9.82 Å². The molecule has 2 aromatic carbocycles. The summed E-state index contributed by atoms with van der Waals surface area (Å²) in [6, 6.07) is 12.9. The molecule has 1 aliphatic carbocycles. The molecule has 0 spiro atoms. The lowest BCUT2D eigenvalue weighted by Gasteiger charge is -2.13. The minimum absolute atomic E-state index is 0.317. The minimum atomic E-state index is -3.62. The second kappa shape index (κ2) is 6.04. The highest BCUT2D eigenvalue weighted by molar-refractivity contribution is 7.92. The first-order valence-electron chi connectivity index (χ1n) is 8.28. The summed E-state index contributed by atoms with van der Waals surface area (Å²) in [5.74, 6) is 0. The standard InChI is InChI=1S/C19H19N3O2S/c1-14-6-8-17(22-11-3-10-20-22)13-19(14)21-25(23,24)18-9-7-15-4-2-5-16(15)12-18/h3,6-13,21H,2,4-5H2,1H3. The van der Waals surface area contributed by atoms with Crippen LogP contribution < -0.4 is 4.72 Å². The van der Waals surface area contributed by atoms with E-state index in [1.807, 2.05) is 37.4 Å². The smallest absolute Gasteiger partial charge is 0.261 e. The summed E-state index contributed by atoms with van der Waals surface area (Å²) >= 11 is 0. The number of nitrogens with zero attached hydrogens (tertiary/aromatic N) is 2. The number of anilines is 1. The van der Waals surface area contributed by atoms with Crippen molar-refractivity contribution in [2.45, 2.75) is 31.1 Å². The van der Waals surface area contributed by atoms with Crippen LogP contribution in [0.15, 0.2) is 59.8 Å². The van der Waals surface area contributed by atoms with Gasteiger partial charge >= 0.3 is 0 Å². The van der Waals surface area contributed by atoms with E-state index in [9.17, 15) is 8.42 Å². The average Bonchev–Trinajstić information content (AvgIpc) is 3.27. The number of hydrogen-bond acceptors (Lipinski definition) is 3. The van der Waals surface area contributed by atoms with Gasteiger partial charge in [0.15, 0.2) is 0 Å². The van der Waals surface area contributed by atoms with Crippen molar-refractivity contribution in [2.75, 3.05) is 4.72 Å². The third-order valence-electron chi connectivity index (χ3n) is 4.61. The SMILES string of the molecule is Cc1ccc(-n2cccn2)cc1NS(=O)(=O)c1ccc2c(c1)CCC2. The lowest BCUT2D eigenvalue weighted by atomic mass is 10.1. The summed E-state index contributed by atoms with van der Waals surface area (Å²) in [7, 11) is -3.62. The van der Waals surface area contributed by atoms with E-state index in [1.54, 1.807) is 29.1 Å². The number of benzene rings is 2. The highest BCUT2D eigenvalue weighted by Crippen LogP contribution is 2.27. The zero-order chi connectivity index (χ0) is 17.4. The van der Waals surface area contributed by atoms with Gasteiger partial charge < -0.3 is 0 Å². The molecule has 6 heteroatoms. The van der Waals surface area contributed by atoms with E-state index in [1.165, 1.54) is 5.56 Å². The molecule has 0 amide bonds. The van der Waals surface area contributed by atoms with Crippen LogP contribution in [0.25, 0.3) is 5.69 Å². The Labute approximate surface area is 147 Å². The number of aryl methyl sites for hydroxylation is 3. The Morgan fingerprint density at radius 2 is 1.92 bits per heavy atom. The van der Waals surface area contributed by atoms with Crippen molar-refractivity contribution in [1.82, 2.24) is 9.78 Å². The summed E-state index contributed by atoms with van der Waals surface area (Å²) in [4.78, 5) is 0.317. The first-order chi connectivity index (χ1) is 12.0. The van der Waals surface area contributed by atoms with Gasteiger partial charge in [0.2, 0.25) is 0 Å². The second-order valence-electron chi connectivity index (χ2n) is 6.34. The molecule has 1 N–H and O–H groups in total. The van der Waals surface area contributed by atoms with Crippen LogP contribution in [0.3, 0.4) is 0 Å². The van der Waals surface area contributed by atoms with Crippen LogP contribution in [-0.2, 0) is 22.9 Å². The van der Waals surface area contributed by atoms with Crippen molar-refractivity contribution >= 4 is 15.7 Å². The molecule has 4 rings (SSSR count). The predicted octanol–water partition coefficient (Wildman–Crippen LogP) is 3.47. The zero-order valence-corrected chi connectivity index (χ0v) is 14.8. The molecule has 0 unspecified atom stereocenters. The molecule has 3 aromatic rings. The van der Waals surface area contributed by atoms with E-state index in [4.69, 9.17) is 0 Å².